The summed E-state index contributed by atoms with van der Waals surface area (Å²) in [6.07, 6.45) is 0. The number of aromatic nitrogens is 2. The topological polar surface area (TPSA) is 87.2 Å². The first-order valence-electron chi connectivity index (χ1n) is 3.85. The first-order valence-corrected chi connectivity index (χ1v) is 6.19. The van der Waals surface area contributed by atoms with E-state index in [0.717, 1.165) is 0 Å². The Kier molecular flexibility index (Phi) is 2.38. The molecule has 0 saturated heterocycles. The highest BCUT2D eigenvalue weighted by molar-refractivity contribution is 9.10. The Balaban J connectivity index is 2.65. The van der Waals surface area contributed by atoms with Crippen LogP contribution in [0.25, 0.3) is 0 Å². The van der Waals surface area contributed by atoms with Gasteiger partial charge in [0.25, 0.3) is 10.0 Å². The predicted molar refractivity (Wildman–Crippen MR) is 51.0 cm³/mol. The second kappa shape index (κ2) is 3.30. The number of halogens is 1. The van der Waals surface area contributed by atoms with Crippen molar-refractivity contribution in [3.8, 4) is 0 Å². The number of hydrogen-bond donors (Lipinski definition) is 1. The lowest BCUT2D eigenvalue weighted by Crippen LogP contribution is -2.23. The summed E-state index contributed by atoms with van der Waals surface area (Å²) < 4.78 is 29.4. The molecule has 0 fully saturated rings. The maximum Gasteiger partial charge on any atom is 0.256 e. The summed E-state index contributed by atoms with van der Waals surface area (Å²) in [7, 11) is -3.73. The van der Waals surface area contributed by atoms with Crippen molar-refractivity contribution in [2.75, 3.05) is 6.61 Å². The zero-order valence-corrected chi connectivity index (χ0v) is 9.51. The standard InChI is InChI=1S/C6H8BrN3O3S/c7-5-6(14(8,11)12)10-1-2-13-3-4(10)9-5/h1-3H2,(H2,8,11,12). The second-order valence-corrected chi connectivity index (χ2v) is 5.10. The lowest BCUT2D eigenvalue weighted by molar-refractivity contribution is 0.0787. The van der Waals surface area contributed by atoms with Crippen molar-refractivity contribution < 1.29 is 13.2 Å². The van der Waals surface area contributed by atoms with Gasteiger partial charge < -0.3 is 9.30 Å². The summed E-state index contributed by atoms with van der Waals surface area (Å²) in [5.41, 5.74) is 0. The van der Waals surface area contributed by atoms with E-state index in [2.05, 4.69) is 20.9 Å². The van der Waals surface area contributed by atoms with Crippen molar-refractivity contribution in [1.82, 2.24) is 9.55 Å². The molecule has 14 heavy (non-hydrogen) atoms. The lowest BCUT2D eigenvalue weighted by atomic mass is 10.5. The average molecular weight is 282 g/mol. The molecule has 78 valence electrons. The monoisotopic (exact) mass is 281 g/mol. The van der Waals surface area contributed by atoms with Crippen molar-refractivity contribution in [3.05, 3.63) is 10.4 Å². The zero-order chi connectivity index (χ0) is 10.3. The van der Waals surface area contributed by atoms with Gasteiger partial charge in [-0.05, 0) is 15.9 Å². The second-order valence-electron chi connectivity index (χ2n) is 2.87. The minimum Gasteiger partial charge on any atom is -0.372 e. The number of fused-ring (bicyclic) bond motifs is 1. The number of nitrogens with zero attached hydrogens (tertiary/aromatic N) is 2. The SMILES string of the molecule is NS(=O)(=O)c1c(Br)nc2n1CCOC2. The van der Waals surface area contributed by atoms with Crippen molar-refractivity contribution >= 4 is 26.0 Å². The number of nitrogens with two attached hydrogens (primary N) is 1. The number of hydrogen-bond acceptors (Lipinski definition) is 4. The molecule has 8 heteroatoms. The van der Waals surface area contributed by atoms with Crippen LogP contribution in [-0.2, 0) is 27.9 Å². The van der Waals surface area contributed by atoms with Crippen LogP contribution in [0.4, 0.5) is 0 Å². The van der Waals surface area contributed by atoms with Gasteiger partial charge in [0, 0.05) is 6.54 Å². The van der Waals surface area contributed by atoms with E-state index < -0.39 is 10.0 Å². The minimum atomic E-state index is -3.73. The van der Waals surface area contributed by atoms with Gasteiger partial charge in [0.1, 0.15) is 17.0 Å². The Morgan fingerprint density at radius 1 is 1.57 bits per heavy atom. The van der Waals surface area contributed by atoms with Gasteiger partial charge in [-0.25, -0.2) is 18.5 Å². The fourth-order valence-electron chi connectivity index (χ4n) is 1.38. The van der Waals surface area contributed by atoms with E-state index in [1.54, 1.807) is 4.57 Å². The predicted octanol–water partition coefficient (Wildman–Crippen LogP) is -0.177. The number of primary sulfonamides is 1. The highest BCUT2D eigenvalue weighted by Gasteiger charge is 2.25. The summed E-state index contributed by atoms with van der Waals surface area (Å²) in [6.45, 7) is 1.24. The average Bonchev–Trinajstić information content (AvgIpc) is 2.38. The number of sulfonamides is 1. The highest BCUT2D eigenvalue weighted by atomic mass is 79.9. The molecule has 0 aliphatic carbocycles. The van der Waals surface area contributed by atoms with Gasteiger partial charge in [-0.2, -0.15) is 0 Å². The van der Waals surface area contributed by atoms with Gasteiger partial charge in [0.2, 0.25) is 0 Å². The van der Waals surface area contributed by atoms with Gasteiger partial charge in [0.15, 0.2) is 5.03 Å². The molecule has 1 aromatic heterocycles. The van der Waals surface area contributed by atoms with Gasteiger partial charge in [-0.1, -0.05) is 0 Å². The molecule has 1 aliphatic heterocycles. The van der Waals surface area contributed by atoms with Gasteiger partial charge >= 0.3 is 0 Å². The molecule has 2 rings (SSSR count). The number of rotatable bonds is 1. The quantitative estimate of drug-likeness (QED) is 0.774. The molecule has 0 amide bonds. The summed E-state index contributed by atoms with van der Waals surface area (Å²) in [6, 6.07) is 0. The van der Waals surface area contributed by atoms with Crippen molar-refractivity contribution in [2.24, 2.45) is 5.14 Å². The molecule has 2 heterocycles. The maximum absolute atomic E-state index is 11.2. The molecular formula is C6H8BrN3O3S. The van der Waals surface area contributed by atoms with Gasteiger partial charge in [0.05, 0.1) is 6.61 Å². The van der Waals surface area contributed by atoms with Crippen LogP contribution in [0.2, 0.25) is 0 Å². The number of ether oxygens (including phenoxy) is 1. The van der Waals surface area contributed by atoms with Crippen molar-refractivity contribution in [3.63, 3.8) is 0 Å². The largest absolute Gasteiger partial charge is 0.372 e. The summed E-state index contributed by atoms with van der Waals surface area (Å²) in [5, 5.41) is 5.09. The third-order valence-electron chi connectivity index (χ3n) is 1.92. The minimum absolute atomic E-state index is 0.0239. The van der Waals surface area contributed by atoms with Gasteiger partial charge in [-0.15, -0.1) is 0 Å². The summed E-state index contributed by atoms with van der Waals surface area (Å²) >= 11 is 3.07. The Bertz CT molecular complexity index is 467. The Hall–Kier alpha value is -0.440. The molecule has 2 N–H and O–H groups in total. The van der Waals surface area contributed by atoms with E-state index in [-0.39, 0.29) is 9.63 Å². The summed E-state index contributed by atoms with van der Waals surface area (Å²) in [4.78, 5) is 4.01. The third-order valence-corrected chi connectivity index (χ3v) is 3.69. The molecule has 0 bridgehead atoms. The Labute approximate surface area is 89.2 Å². The van der Waals surface area contributed by atoms with Crippen LogP contribution in [0, 0.1) is 0 Å². The fourth-order valence-corrected chi connectivity index (χ4v) is 3.26. The zero-order valence-electron chi connectivity index (χ0n) is 7.10. The van der Waals surface area contributed by atoms with Crippen molar-refractivity contribution in [2.45, 2.75) is 18.2 Å². The lowest BCUT2D eigenvalue weighted by Gasteiger charge is -2.15. The van der Waals surface area contributed by atoms with Crippen LogP contribution in [-0.4, -0.2) is 24.6 Å². The maximum atomic E-state index is 11.2. The van der Waals surface area contributed by atoms with Gasteiger partial charge in [-0.3, -0.25) is 0 Å². The summed E-state index contributed by atoms with van der Waals surface area (Å²) in [5.74, 6) is 0.576. The fraction of sp³-hybridized carbons (Fsp3) is 0.500. The van der Waals surface area contributed by atoms with E-state index in [0.29, 0.717) is 25.6 Å². The van der Waals surface area contributed by atoms with Crippen LogP contribution in [0.5, 0.6) is 0 Å². The first-order chi connectivity index (χ1) is 6.50. The van der Waals surface area contributed by atoms with Crippen LogP contribution < -0.4 is 5.14 Å². The van der Waals surface area contributed by atoms with E-state index in [1.807, 2.05) is 0 Å². The van der Waals surface area contributed by atoms with E-state index in [9.17, 15) is 8.42 Å². The smallest absolute Gasteiger partial charge is 0.256 e. The molecule has 6 nitrogen and oxygen atoms in total. The first kappa shape index (κ1) is 10.1. The third kappa shape index (κ3) is 1.58. The molecule has 0 saturated carbocycles. The van der Waals surface area contributed by atoms with Crippen LogP contribution in [0.3, 0.4) is 0 Å². The van der Waals surface area contributed by atoms with Crippen molar-refractivity contribution in [1.29, 1.82) is 0 Å². The molecule has 0 atom stereocenters. The van der Waals surface area contributed by atoms with E-state index in [1.165, 1.54) is 0 Å². The highest BCUT2D eigenvalue weighted by Crippen LogP contribution is 2.24. The van der Waals surface area contributed by atoms with E-state index >= 15 is 0 Å². The number of imidazole rings is 1. The molecule has 0 radical (unpaired) electrons. The van der Waals surface area contributed by atoms with Crippen LogP contribution in [0.15, 0.2) is 9.63 Å². The molecule has 0 aromatic carbocycles. The molecule has 0 unspecified atom stereocenters. The van der Waals surface area contributed by atoms with E-state index in [4.69, 9.17) is 9.88 Å². The van der Waals surface area contributed by atoms with Crippen LogP contribution >= 0.6 is 15.9 Å². The molecule has 1 aliphatic rings. The normalized spacial score (nSPS) is 16.7. The molecule has 0 spiro atoms. The van der Waals surface area contributed by atoms with Crippen LogP contribution in [0.1, 0.15) is 5.82 Å². The molecule has 1 aromatic rings. The Morgan fingerprint density at radius 3 is 2.93 bits per heavy atom. The molecular weight excluding hydrogens is 274 g/mol. The Morgan fingerprint density at radius 2 is 2.29 bits per heavy atom.